The Morgan fingerprint density at radius 2 is 1.13 bits per heavy atom. The van der Waals surface area contributed by atoms with Crippen molar-refractivity contribution < 1.29 is 0 Å². The summed E-state index contributed by atoms with van der Waals surface area (Å²) in [6.45, 7) is 0. The van der Waals surface area contributed by atoms with Crippen LogP contribution in [-0.4, -0.2) is 28.2 Å². The molecule has 3 aromatic carbocycles. The summed E-state index contributed by atoms with van der Waals surface area (Å²) in [5.41, 5.74) is 6.82. The van der Waals surface area contributed by atoms with E-state index in [1.807, 2.05) is 46.4 Å². The summed E-state index contributed by atoms with van der Waals surface area (Å²) in [6, 6.07) is 29.6. The molecule has 0 aliphatic heterocycles. The van der Waals surface area contributed by atoms with E-state index in [1.54, 1.807) is 0 Å². The van der Waals surface area contributed by atoms with E-state index in [-0.39, 0.29) is 5.92 Å². The zero-order valence-corrected chi connectivity index (χ0v) is 18.6. The first-order valence-corrected chi connectivity index (χ1v) is 10.4. The Hall–Kier alpha value is -3.76. The SMILES string of the molecule is CN(C)c1ccc(C(c2ccc(N(C)C)cc2)c2ccccc2CC(C#N)C#N)cc1. The molecule has 0 aliphatic carbocycles. The summed E-state index contributed by atoms with van der Waals surface area (Å²) in [5, 5.41) is 18.7. The average molecular weight is 409 g/mol. The minimum atomic E-state index is -0.658. The summed E-state index contributed by atoms with van der Waals surface area (Å²) >= 11 is 0. The van der Waals surface area contributed by atoms with Crippen LogP contribution in [0.1, 0.15) is 28.2 Å². The highest BCUT2D eigenvalue weighted by atomic mass is 15.1. The molecule has 0 aliphatic rings. The second-order valence-corrected chi connectivity index (χ2v) is 8.12. The lowest BCUT2D eigenvalue weighted by molar-refractivity contribution is 0.811. The molecule has 0 aromatic heterocycles. The fraction of sp³-hybridized carbons (Fsp3) is 0.259. The van der Waals surface area contributed by atoms with Crippen LogP contribution >= 0.6 is 0 Å². The normalized spacial score (nSPS) is 10.6. The maximum Gasteiger partial charge on any atom is 0.137 e. The predicted octanol–water partition coefficient (Wildman–Crippen LogP) is 5.20. The smallest absolute Gasteiger partial charge is 0.137 e. The Balaban J connectivity index is 2.13. The molecular formula is C27H28N4. The van der Waals surface area contributed by atoms with Gasteiger partial charge in [-0.3, -0.25) is 0 Å². The molecule has 0 amide bonds. The number of nitriles is 2. The van der Waals surface area contributed by atoms with Crippen LogP contribution in [0.4, 0.5) is 11.4 Å². The summed E-state index contributed by atoms with van der Waals surface area (Å²) in [5.74, 6) is -0.643. The van der Waals surface area contributed by atoms with Crippen molar-refractivity contribution in [2.75, 3.05) is 38.0 Å². The first kappa shape index (κ1) is 21.9. The van der Waals surface area contributed by atoms with Gasteiger partial charge in [0.1, 0.15) is 5.92 Å². The second-order valence-electron chi connectivity index (χ2n) is 8.12. The first-order valence-electron chi connectivity index (χ1n) is 10.4. The lowest BCUT2D eigenvalue weighted by atomic mass is 9.81. The first-order chi connectivity index (χ1) is 14.9. The van der Waals surface area contributed by atoms with E-state index in [0.717, 1.165) is 22.5 Å². The van der Waals surface area contributed by atoms with Gasteiger partial charge in [-0.15, -0.1) is 0 Å². The third kappa shape index (κ3) is 5.05. The lowest BCUT2D eigenvalue weighted by Gasteiger charge is -2.24. The van der Waals surface area contributed by atoms with Crippen LogP contribution in [0.2, 0.25) is 0 Å². The number of anilines is 2. The van der Waals surface area contributed by atoms with Crippen molar-refractivity contribution in [2.45, 2.75) is 12.3 Å². The van der Waals surface area contributed by atoms with Gasteiger partial charge in [-0.2, -0.15) is 10.5 Å². The van der Waals surface area contributed by atoms with Gasteiger partial charge in [0.05, 0.1) is 12.1 Å². The van der Waals surface area contributed by atoms with Gasteiger partial charge in [0.15, 0.2) is 0 Å². The Morgan fingerprint density at radius 1 is 0.677 bits per heavy atom. The molecule has 3 aromatic rings. The van der Waals surface area contributed by atoms with Crippen molar-refractivity contribution in [1.82, 2.24) is 0 Å². The standard InChI is InChI=1S/C27H28N4/c1-30(2)24-13-9-21(10-14-24)27(22-11-15-25(16-12-22)31(3)4)26-8-6-5-7-23(26)17-20(18-28)19-29/h5-16,20,27H,17H2,1-4H3. The van der Waals surface area contributed by atoms with Crippen LogP contribution in [0.3, 0.4) is 0 Å². The van der Waals surface area contributed by atoms with E-state index in [0.29, 0.717) is 6.42 Å². The van der Waals surface area contributed by atoms with E-state index >= 15 is 0 Å². The molecule has 0 bridgehead atoms. The highest BCUT2D eigenvalue weighted by Crippen LogP contribution is 2.36. The molecule has 0 atom stereocenters. The molecule has 0 spiro atoms. The number of hydrogen-bond donors (Lipinski definition) is 0. The minimum Gasteiger partial charge on any atom is -0.378 e. The van der Waals surface area contributed by atoms with Crippen molar-refractivity contribution in [3.8, 4) is 12.1 Å². The van der Waals surface area contributed by atoms with Gasteiger partial charge in [0.25, 0.3) is 0 Å². The lowest BCUT2D eigenvalue weighted by Crippen LogP contribution is -2.12. The van der Waals surface area contributed by atoms with Gasteiger partial charge in [0, 0.05) is 51.9 Å². The zero-order chi connectivity index (χ0) is 22.4. The molecule has 0 N–H and O–H groups in total. The number of hydrogen-bond acceptors (Lipinski definition) is 4. The van der Waals surface area contributed by atoms with Gasteiger partial charge in [-0.25, -0.2) is 0 Å². The molecule has 4 nitrogen and oxygen atoms in total. The van der Waals surface area contributed by atoms with Crippen LogP contribution in [0.5, 0.6) is 0 Å². The molecule has 0 fully saturated rings. The third-order valence-electron chi connectivity index (χ3n) is 5.59. The number of nitrogens with zero attached hydrogens (tertiary/aromatic N) is 4. The fourth-order valence-corrected chi connectivity index (χ4v) is 3.82. The topological polar surface area (TPSA) is 54.1 Å². The largest absolute Gasteiger partial charge is 0.378 e. The second kappa shape index (κ2) is 9.83. The Labute approximate surface area is 185 Å². The van der Waals surface area contributed by atoms with Crippen molar-refractivity contribution >= 4 is 11.4 Å². The van der Waals surface area contributed by atoms with E-state index in [9.17, 15) is 10.5 Å². The van der Waals surface area contributed by atoms with E-state index in [2.05, 4.69) is 76.5 Å². The van der Waals surface area contributed by atoms with Crippen LogP contribution < -0.4 is 9.80 Å². The quantitative estimate of drug-likeness (QED) is 0.504. The molecule has 0 saturated carbocycles. The molecule has 31 heavy (non-hydrogen) atoms. The summed E-state index contributed by atoms with van der Waals surface area (Å²) in [4.78, 5) is 4.17. The Morgan fingerprint density at radius 3 is 1.55 bits per heavy atom. The highest BCUT2D eigenvalue weighted by molar-refractivity contribution is 5.54. The summed E-state index contributed by atoms with van der Waals surface area (Å²) in [6.07, 6.45) is 0.422. The van der Waals surface area contributed by atoms with Crippen molar-refractivity contribution in [3.05, 3.63) is 95.1 Å². The molecular weight excluding hydrogens is 380 g/mol. The van der Waals surface area contributed by atoms with Crippen LogP contribution in [0, 0.1) is 28.6 Å². The molecule has 4 heteroatoms. The van der Waals surface area contributed by atoms with Gasteiger partial charge in [-0.05, 0) is 46.5 Å². The third-order valence-corrected chi connectivity index (χ3v) is 5.59. The monoisotopic (exact) mass is 408 g/mol. The van der Waals surface area contributed by atoms with E-state index < -0.39 is 5.92 Å². The predicted molar refractivity (Wildman–Crippen MR) is 127 cm³/mol. The maximum absolute atomic E-state index is 9.33. The molecule has 0 radical (unpaired) electrons. The van der Waals surface area contributed by atoms with Crippen molar-refractivity contribution in [1.29, 1.82) is 10.5 Å². The van der Waals surface area contributed by atoms with Crippen LogP contribution in [0.15, 0.2) is 72.8 Å². The van der Waals surface area contributed by atoms with Gasteiger partial charge in [0.2, 0.25) is 0 Å². The number of rotatable bonds is 7. The molecule has 0 heterocycles. The van der Waals surface area contributed by atoms with Crippen LogP contribution in [0.25, 0.3) is 0 Å². The van der Waals surface area contributed by atoms with Gasteiger partial charge in [-0.1, -0.05) is 48.5 Å². The molecule has 156 valence electrons. The van der Waals surface area contributed by atoms with Crippen molar-refractivity contribution in [3.63, 3.8) is 0 Å². The Kier molecular flexibility index (Phi) is 6.96. The minimum absolute atomic E-state index is 0.0154. The van der Waals surface area contributed by atoms with Crippen LogP contribution in [-0.2, 0) is 6.42 Å². The molecule has 3 rings (SSSR count). The molecule has 0 unspecified atom stereocenters. The Bertz CT molecular complexity index is 1020. The molecule has 0 saturated heterocycles. The van der Waals surface area contributed by atoms with E-state index in [4.69, 9.17) is 0 Å². The summed E-state index contributed by atoms with van der Waals surface area (Å²) < 4.78 is 0. The average Bonchev–Trinajstić information content (AvgIpc) is 2.79. The zero-order valence-electron chi connectivity index (χ0n) is 18.6. The highest BCUT2D eigenvalue weighted by Gasteiger charge is 2.21. The maximum atomic E-state index is 9.33. The fourth-order valence-electron chi connectivity index (χ4n) is 3.82. The van der Waals surface area contributed by atoms with Crippen molar-refractivity contribution in [2.24, 2.45) is 5.92 Å². The number of benzene rings is 3. The summed E-state index contributed by atoms with van der Waals surface area (Å²) in [7, 11) is 8.13. The van der Waals surface area contributed by atoms with Gasteiger partial charge >= 0.3 is 0 Å². The van der Waals surface area contributed by atoms with Gasteiger partial charge < -0.3 is 9.80 Å². The van der Waals surface area contributed by atoms with E-state index in [1.165, 1.54) is 11.1 Å².